The average molecular weight is 536 g/mol. The highest BCUT2D eigenvalue weighted by Crippen LogP contribution is 2.25. The molecule has 1 aromatic carbocycles. The molecule has 0 spiro atoms. The molecule has 1 aliphatic rings. The molecule has 1 saturated heterocycles. The highest BCUT2D eigenvalue weighted by molar-refractivity contribution is 7.91. The maximum Gasteiger partial charge on any atom is 0.490 e. The highest BCUT2D eigenvalue weighted by Gasteiger charge is 2.38. The van der Waals surface area contributed by atoms with Crippen molar-refractivity contribution in [1.82, 2.24) is 14.5 Å². The predicted molar refractivity (Wildman–Crippen MR) is 126 cm³/mol. The number of alkyl halides is 3. The SMILES string of the molecule is CC(CN(CCC(=O)N1CCNCC1)S(=O)(=O)c1cccs1)c1ccccc1.O=C(O)C(F)(F)F. The van der Waals surface area contributed by atoms with Crippen molar-refractivity contribution in [2.45, 2.75) is 29.6 Å². The Kier molecular flexibility index (Phi) is 10.7. The summed E-state index contributed by atoms with van der Waals surface area (Å²) < 4.78 is 59.8. The Morgan fingerprint density at radius 2 is 1.74 bits per heavy atom. The van der Waals surface area contributed by atoms with E-state index in [2.05, 4.69) is 5.32 Å². The number of hydrogen-bond acceptors (Lipinski definition) is 6. The second-order valence-electron chi connectivity index (χ2n) is 7.79. The second kappa shape index (κ2) is 13.0. The van der Waals surface area contributed by atoms with E-state index in [-0.39, 0.29) is 24.8 Å². The molecule has 0 radical (unpaired) electrons. The molecule has 13 heteroatoms. The molecule has 2 N–H and O–H groups in total. The molecule has 1 atom stereocenters. The Labute approximate surface area is 206 Å². The molecule has 1 unspecified atom stereocenters. The van der Waals surface area contributed by atoms with E-state index in [4.69, 9.17) is 9.90 Å². The molecule has 0 bridgehead atoms. The Balaban J connectivity index is 0.000000540. The fraction of sp³-hybridized carbons (Fsp3) is 0.455. The molecule has 2 aromatic rings. The van der Waals surface area contributed by atoms with Crippen molar-refractivity contribution >= 4 is 33.2 Å². The van der Waals surface area contributed by atoms with Crippen LogP contribution < -0.4 is 5.32 Å². The van der Waals surface area contributed by atoms with Crippen LogP contribution in [0.2, 0.25) is 0 Å². The number of carbonyl (C=O) groups excluding carboxylic acids is 1. The van der Waals surface area contributed by atoms with Crippen molar-refractivity contribution in [1.29, 1.82) is 0 Å². The number of amides is 1. The standard InChI is InChI=1S/C20H27N3O3S2.C2HF3O2/c1-17(18-6-3-2-4-7-18)16-23(28(25,26)20-8-5-15-27-20)12-9-19(24)22-13-10-21-11-14-22;3-2(4,5)1(6)7/h2-8,15,17,21H,9-14,16H2,1H3;(H,6,7). The van der Waals surface area contributed by atoms with Crippen LogP contribution in [0, 0.1) is 0 Å². The minimum absolute atomic E-state index is 0.0141. The number of sulfonamides is 1. The van der Waals surface area contributed by atoms with Gasteiger partial charge in [0, 0.05) is 45.7 Å². The van der Waals surface area contributed by atoms with E-state index < -0.39 is 22.2 Å². The molecule has 3 rings (SSSR count). The van der Waals surface area contributed by atoms with Gasteiger partial charge in [-0.15, -0.1) is 11.3 Å². The summed E-state index contributed by atoms with van der Waals surface area (Å²) in [6.45, 7) is 5.49. The van der Waals surface area contributed by atoms with Crippen LogP contribution in [0.25, 0.3) is 0 Å². The Bertz CT molecular complexity index is 1040. The van der Waals surface area contributed by atoms with Crippen LogP contribution >= 0.6 is 11.3 Å². The van der Waals surface area contributed by atoms with Crippen molar-refractivity contribution < 1.29 is 36.3 Å². The highest BCUT2D eigenvalue weighted by atomic mass is 32.2. The lowest BCUT2D eigenvalue weighted by Crippen LogP contribution is -2.47. The van der Waals surface area contributed by atoms with Gasteiger partial charge >= 0.3 is 12.1 Å². The fourth-order valence-corrected chi connectivity index (χ4v) is 6.01. The topological polar surface area (TPSA) is 107 Å². The van der Waals surface area contributed by atoms with Crippen molar-refractivity contribution in [3.05, 3.63) is 53.4 Å². The number of nitrogens with one attached hydrogen (secondary N) is 1. The number of thiophene rings is 1. The lowest BCUT2D eigenvalue weighted by Gasteiger charge is -2.29. The van der Waals surface area contributed by atoms with Crippen LogP contribution in [0.3, 0.4) is 0 Å². The summed E-state index contributed by atoms with van der Waals surface area (Å²) in [5, 5.41) is 12.1. The molecule has 8 nitrogen and oxygen atoms in total. The number of hydrogen-bond donors (Lipinski definition) is 2. The minimum atomic E-state index is -5.08. The zero-order valence-electron chi connectivity index (χ0n) is 19.1. The van der Waals surface area contributed by atoms with Gasteiger partial charge in [-0.05, 0) is 22.9 Å². The van der Waals surface area contributed by atoms with E-state index in [9.17, 15) is 26.4 Å². The quantitative estimate of drug-likeness (QED) is 0.538. The molecule has 0 saturated carbocycles. The van der Waals surface area contributed by atoms with Crippen molar-refractivity contribution in [2.75, 3.05) is 39.3 Å². The normalized spacial score (nSPS) is 15.3. The van der Waals surface area contributed by atoms with E-state index in [1.807, 2.05) is 42.2 Å². The number of rotatable bonds is 8. The smallest absolute Gasteiger partial charge is 0.475 e. The zero-order valence-corrected chi connectivity index (χ0v) is 20.7. The third-order valence-electron chi connectivity index (χ3n) is 5.22. The maximum atomic E-state index is 13.2. The minimum Gasteiger partial charge on any atom is -0.475 e. The molecule has 194 valence electrons. The third kappa shape index (κ3) is 8.91. The summed E-state index contributed by atoms with van der Waals surface area (Å²) in [6, 6.07) is 13.2. The largest absolute Gasteiger partial charge is 0.490 e. The zero-order chi connectivity index (χ0) is 26.1. The number of nitrogens with zero attached hydrogens (tertiary/aromatic N) is 2. The summed E-state index contributed by atoms with van der Waals surface area (Å²) in [5.41, 5.74) is 1.09. The van der Waals surface area contributed by atoms with Crippen LogP contribution in [0.5, 0.6) is 0 Å². The summed E-state index contributed by atoms with van der Waals surface area (Å²) >= 11 is 1.21. The molecule has 2 heterocycles. The summed E-state index contributed by atoms with van der Waals surface area (Å²) in [6.07, 6.45) is -4.88. The number of benzene rings is 1. The summed E-state index contributed by atoms with van der Waals surface area (Å²) in [7, 11) is -3.62. The molecule has 1 amide bonds. The number of carbonyl (C=O) groups is 2. The Hall–Kier alpha value is -2.48. The first-order chi connectivity index (χ1) is 16.4. The molecule has 1 fully saturated rings. The van der Waals surface area contributed by atoms with Crippen LogP contribution in [0.4, 0.5) is 13.2 Å². The van der Waals surface area contributed by atoms with Gasteiger partial charge in [0.2, 0.25) is 5.91 Å². The lowest BCUT2D eigenvalue weighted by molar-refractivity contribution is -0.192. The van der Waals surface area contributed by atoms with Gasteiger partial charge in [0.15, 0.2) is 0 Å². The first-order valence-corrected chi connectivity index (χ1v) is 13.1. The number of halogens is 3. The molecule has 1 aliphatic heterocycles. The average Bonchev–Trinajstić information content (AvgIpc) is 3.38. The van der Waals surface area contributed by atoms with Gasteiger partial charge in [-0.3, -0.25) is 4.79 Å². The van der Waals surface area contributed by atoms with Crippen molar-refractivity contribution in [3.63, 3.8) is 0 Å². The molecular weight excluding hydrogens is 507 g/mol. The third-order valence-corrected chi connectivity index (χ3v) is 8.46. The van der Waals surface area contributed by atoms with Gasteiger partial charge in [0.1, 0.15) is 4.21 Å². The number of aliphatic carboxylic acids is 1. The Morgan fingerprint density at radius 1 is 1.14 bits per heavy atom. The molecule has 35 heavy (non-hydrogen) atoms. The monoisotopic (exact) mass is 535 g/mol. The van der Waals surface area contributed by atoms with Crippen molar-refractivity contribution in [2.24, 2.45) is 0 Å². The fourth-order valence-electron chi connectivity index (χ4n) is 3.33. The summed E-state index contributed by atoms with van der Waals surface area (Å²) in [4.78, 5) is 23.3. The number of piperazine rings is 1. The Morgan fingerprint density at radius 3 is 2.26 bits per heavy atom. The van der Waals surface area contributed by atoms with Gasteiger partial charge < -0.3 is 15.3 Å². The van der Waals surface area contributed by atoms with Crippen LogP contribution in [0.15, 0.2) is 52.1 Å². The van der Waals surface area contributed by atoms with Gasteiger partial charge in [0.05, 0.1) is 0 Å². The van der Waals surface area contributed by atoms with Gasteiger partial charge in [-0.2, -0.15) is 17.5 Å². The predicted octanol–water partition coefficient (Wildman–Crippen LogP) is 3.00. The first kappa shape index (κ1) is 28.8. The van der Waals surface area contributed by atoms with E-state index in [1.54, 1.807) is 17.5 Å². The van der Waals surface area contributed by atoms with Gasteiger partial charge in [-0.1, -0.05) is 43.3 Å². The number of carboxylic acids is 1. The van der Waals surface area contributed by atoms with E-state index in [0.717, 1.165) is 18.7 Å². The first-order valence-electron chi connectivity index (χ1n) is 10.8. The molecular formula is C22H28F3N3O5S2. The second-order valence-corrected chi connectivity index (χ2v) is 10.9. The number of carboxylic acid groups (broad SMARTS) is 1. The van der Waals surface area contributed by atoms with Crippen molar-refractivity contribution in [3.8, 4) is 0 Å². The molecule has 0 aliphatic carbocycles. The summed E-state index contributed by atoms with van der Waals surface area (Å²) in [5.74, 6) is -2.71. The van der Waals surface area contributed by atoms with E-state index in [1.165, 1.54) is 15.6 Å². The maximum absolute atomic E-state index is 13.2. The van der Waals surface area contributed by atoms with Gasteiger partial charge in [-0.25, -0.2) is 13.2 Å². The lowest BCUT2D eigenvalue weighted by atomic mass is 10.0. The van der Waals surface area contributed by atoms with E-state index in [0.29, 0.717) is 23.8 Å². The van der Waals surface area contributed by atoms with Crippen LogP contribution in [0.1, 0.15) is 24.8 Å². The van der Waals surface area contributed by atoms with Crippen LogP contribution in [-0.4, -0.2) is 80.1 Å². The van der Waals surface area contributed by atoms with Crippen LogP contribution in [-0.2, 0) is 19.6 Å². The van der Waals surface area contributed by atoms with Gasteiger partial charge in [0.25, 0.3) is 10.0 Å². The molecule has 1 aromatic heterocycles. The van der Waals surface area contributed by atoms with E-state index >= 15 is 0 Å².